The minimum absolute atomic E-state index is 0.0217. The van der Waals surface area contributed by atoms with E-state index in [9.17, 15) is 22.4 Å². The molecule has 0 fully saturated rings. The zero-order chi connectivity index (χ0) is 31.5. The lowest BCUT2D eigenvalue weighted by molar-refractivity contribution is -0.140. The number of carbonyl (C=O) groups excluding carboxylic acids is 2. The molecule has 7 nitrogen and oxygen atoms in total. The van der Waals surface area contributed by atoms with Crippen molar-refractivity contribution in [2.45, 2.75) is 43.7 Å². The molecule has 44 heavy (non-hydrogen) atoms. The van der Waals surface area contributed by atoms with Crippen molar-refractivity contribution >= 4 is 39.1 Å². The molecule has 0 aliphatic rings. The van der Waals surface area contributed by atoms with Gasteiger partial charge in [-0.2, -0.15) is 0 Å². The SMILES string of the molecule is CCCCNC(=O)[C@H](Cc1ccccc1)N(Cc1ccccc1F)C(=O)CN(c1cccc(Cl)c1)S(=O)(=O)c1ccccc1. The van der Waals surface area contributed by atoms with Gasteiger partial charge in [0.1, 0.15) is 18.4 Å². The van der Waals surface area contributed by atoms with Gasteiger partial charge in [0, 0.05) is 30.1 Å². The van der Waals surface area contributed by atoms with Crippen LogP contribution in [0.1, 0.15) is 30.9 Å². The number of nitrogens with one attached hydrogen (secondary N) is 1. The highest BCUT2D eigenvalue weighted by molar-refractivity contribution is 7.92. The quantitative estimate of drug-likeness (QED) is 0.166. The third kappa shape index (κ3) is 8.45. The number of halogens is 2. The van der Waals surface area contributed by atoms with Crippen LogP contribution in [-0.4, -0.2) is 44.3 Å². The van der Waals surface area contributed by atoms with E-state index in [1.165, 1.54) is 35.2 Å². The van der Waals surface area contributed by atoms with Crippen molar-refractivity contribution in [2.24, 2.45) is 0 Å². The topological polar surface area (TPSA) is 86.8 Å². The smallest absolute Gasteiger partial charge is 0.264 e. The van der Waals surface area contributed by atoms with Gasteiger partial charge >= 0.3 is 0 Å². The van der Waals surface area contributed by atoms with E-state index in [0.29, 0.717) is 6.54 Å². The van der Waals surface area contributed by atoms with Crippen molar-refractivity contribution < 1.29 is 22.4 Å². The summed E-state index contributed by atoms with van der Waals surface area (Å²) in [6.45, 7) is 1.50. The van der Waals surface area contributed by atoms with Crippen molar-refractivity contribution in [3.63, 3.8) is 0 Å². The van der Waals surface area contributed by atoms with Gasteiger partial charge in [-0.1, -0.05) is 97.7 Å². The van der Waals surface area contributed by atoms with Crippen LogP contribution in [0.2, 0.25) is 5.02 Å². The maximum Gasteiger partial charge on any atom is 0.264 e. The maximum atomic E-state index is 15.0. The van der Waals surface area contributed by atoms with E-state index < -0.39 is 40.2 Å². The van der Waals surface area contributed by atoms with Crippen LogP contribution in [-0.2, 0) is 32.6 Å². The van der Waals surface area contributed by atoms with Crippen molar-refractivity contribution in [2.75, 3.05) is 17.4 Å². The Morgan fingerprint density at radius 3 is 2.20 bits per heavy atom. The molecule has 0 aliphatic heterocycles. The normalized spacial score (nSPS) is 11.9. The lowest BCUT2D eigenvalue weighted by Gasteiger charge is -2.34. The summed E-state index contributed by atoms with van der Waals surface area (Å²) in [7, 11) is -4.25. The molecular weight excluding hydrogens is 601 g/mol. The number of amides is 2. The van der Waals surface area contributed by atoms with Crippen LogP contribution in [0.15, 0.2) is 114 Å². The largest absolute Gasteiger partial charge is 0.354 e. The summed E-state index contributed by atoms with van der Waals surface area (Å²) in [6, 6.07) is 28.1. The Kier molecular flexibility index (Phi) is 11.5. The maximum absolute atomic E-state index is 15.0. The summed E-state index contributed by atoms with van der Waals surface area (Å²) in [5.41, 5.74) is 1.16. The summed E-state index contributed by atoms with van der Waals surface area (Å²) >= 11 is 6.24. The Morgan fingerprint density at radius 2 is 1.55 bits per heavy atom. The van der Waals surface area contributed by atoms with Gasteiger partial charge in [0.25, 0.3) is 10.0 Å². The number of carbonyl (C=O) groups is 2. The number of benzene rings is 4. The fourth-order valence-corrected chi connectivity index (χ4v) is 6.36. The predicted molar refractivity (Wildman–Crippen MR) is 171 cm³/mol. The van der Waals surface area contributed by atoms with Gasteiger partial charge in [0.05, 0.1) is 10.6 Å². The van der Waals surface area contributed by atoms with Gasteiger partial charge in [-0.3, -0.25) is 13.9 Å². The van der Waals surface area contributed by atoms with Gasteiger partial charge in [-0.05, 0) is 48.4 Å². The molecule has 0 bridgehead atoms. The minimum Gasteiger partial charge on any atom is -0.354 e. The predicted octanol–water partition coefficient (Wildman–Crippen LogP) is 6.23. The highest BCUT2D eigenvalue weighted by Gasteiger charge is 2.35. The Balaban J connectivity index is 1.79. The molecular formula is C34H35ClFN3O4S. The molecule has 230 valence electrons. The number of nitrogens with zero attached hydrogens (tertiary/aromatic N) is 2. The van der Waals surface area contributed by atoms with E-state index in [2.05, 4.69) is 5.32 Å². The molecule has 2 amide bonds. The lowest BCUT2D eigenvalue weighted by atomic mass is 10.0. The Labute approximate surface area is 263 Å². The molecule has 0 saturated carbocycles. The number of hydrogen-bond donors (Lipinski definition) is 1. The second-order valence-corrected chi connectivity index (χ2v) is 12.6. The first-order valence-corrected chi connectivity index (χ1v) is 16.2. The molecule has 0 saturated heterocycles. The standard InChI is InChI=1S/C34H35ClFN3O4S/c1-2-3-21-37-34(41)32(22-26-13-6-4-7-14-26)38(24-27-15-10-11-20-31(27)36)33(40)25-39(29-17-12-16-28(35)23-29)44(42,43)30-18-8-5-9-19-30/h4-20,23,32H,2-3,21-22,24-25H2,1H3,(H,37,41)/t32-/m0/s1. The van der Waals surface area contributed by atoms with Gasteiger partial charge in [-0.25, -0.2) is 12.8 Å². The molecule has 4 aromatic carbocycles. The molecule has 4 rings (SSSR count). The zero-order valence-electron chi connectivity index (χ0n) is 24.4. The highest BCUT2D eigenvalue weighted by Crippen LogP contribution is 2.27. The highest BCUT2D eigenvalue weighted by atomic mass is 35.5. The molecule has 1 N–H and O–H groups in total. The average Bonchev–Trinajstić information content (AvgIpc) is 3.03. The molecule has 0 unspecified atom stereocenters. The fourth-order valence-electron chi connectivity index (χ4n) is 4.75. The van der Waals surface area contributed by atoms with E-state index in [4.69, 9.17) is 11.6 Å². The first-order valence-electron chi connectivity index (χ1n) is 14.4. The van der Waals surface area contributed by atoms with Crippen molar-refractivity contribution in [1.29, 1.82) is 0 Å². The third-order valence-corrected chi connectivity index (χ3v) is 9.13. The molecule has 0 spiro atoms. The van der Waals surface area contributed by atoms with Gasteiger partial charge < -0.3 is 10.2 Å². The van der Waals surface area contributed by atoms with Gasteiger partial charge in [0.2, 0.25) is 11.8 Å². The summed E-state index contributed by atoms with van der Waals surface area (Å²) in [5, 5.41) is 3.19. The summed E-state index contributed by atoms with van der Waals surface area (Å²) in [5.74, 6) is -1.63. The Bertz CT molecular complexity index is 1660. The average molecular weight is 636 g/mol. The second-order valence-electron chi connectivity index (χ2n) is 10.3. The minimum atomic E-state index is -4.25. The van der Waals surface area contributed by atoms with Gasteiger partial charge in [-0.15, -0.1) is 0 Å². The fraction of sp³-hybridized carbons (Fsp3) is 0.235. The number of unbranched alkanes of at least 4 members (excludes halogenated alkanes) is 1. The third-order valence-electron chi connectivity index (χ3n) is 7.11. The summed E-state index contributed by atoms with van der Waals surface area (Å²) in [4.78, 5) is 29.3. The van der Waals surface area contributed by atoms with Crippen LogP contribution < -0.4 is 9.62 Å². The van der Waals surface area contributed by atoms with Crippen LogP contribution >= 0.6 is 11.6 Å². The van der Waals surface area contributed by atoms with Crippen LogP contribution in [0.25, 0.3) is 0 Å². The van der Waals surface area contributed by atoms with E-state index >= 15 is 0 Å². The van der Waals surface area contributed by atoms with Crippen LogP contribution in [0.3, 0.4) is 0 Å². The number of hydrogen-bond acceptors (Lipinski definition) is 4. The van der Waals surface area contributed by atoms with Crippen LogP contribution in [0.4, 0.5) is 10.1 Å². The van der Waals surface area contributed by atoms with Crippen molar-refractivity contribution in [3.8, 4) is 0 Å². The van der Waals surface area contributed by atoms with Gasteiger partial charge in [0.15, 0.2) is 0 Å². The first kappa shape index (κ1) is 32.7. The lowest BCUT2D eigenvalue weighted by Crippen LogP contribution is -2.53. The molecule has 10 heteroatoms. The van der Waals surface area contributed by atoms with E-state index in [-0.39, 0.29) is 34.1 Å². The molecule has 0 aliphatic carbocycles. The molecule has 0 heterocycles. The summed E-state index contributed by atoms with van der Waals surface area (Å²) < 4.78 is 43.9. The second kappa shape index (κ2) is 15.5. The molecule has 4 aromatic rings. The first-order chi connectivity index (χ1) is 21.2. The zero-order valence-corrected chi connectivity index (χ0v) is 26.0. The van der Waals surface area contributed by atoms with Crippen molar-refractivity contribution in [3.05, 3.63) is 131 Å². The molecule has 0 aromatic heterocycles. The monoisotopic (exact) mass is 635 g/mol. The Hall–Kier alpha value is -4.21. The van der Waals surface area contributed by atoms with Crippen molar-refractivity contribution in [1.82, 2.24) is 10.2 Å². The van der Waals surface area contributed by atoms with E-state index in [0.717, 1.165) is 22.7 Å². The van der Waals surface area contributed by atoms with Crippen LogP contribution in [0.5, 0.6) is 0 Å². The summed E-state index contributed by atoms with van der Waals surface area (Å²) in [6.07, 6.45) is 1.73. The molecule has 1 atom stereocenters. The molecule has 0 radical (unpaired) electrons. The van der Waals surface area contributed by atoms with E-state index in [1.807, 2.05) is 37.3 Å². The van der Waals surface area contributed by atoms with E-state index in [1.54, 1.807) is 48.5 Å². The number of anilines is 1. The van der Waals surface area contributed by atoms with Crippen LogP contribution in [0, 0.1) is 5.82 Å². The number of sulfonamides is 1. The Morgan fingerprint density at radius 1 is 0.886 bits per heavy atom. The number of rotatable bonds is 14.